The summed E-state index contributed by atoms with van der Waals surface area (Å²) in [7, 11) is 1.65. The first kappa shape index (κ1) is 18.2. The molecule has 24 heavy (non-hydrogen) atoms. The van der Waals surface area contributed by atoms with Gasteiger partial charge in [0.1, 0.15) is 11.5 Å². The molecule has 1 aromatic carbocycles. The predicted molar refractivity (Wildman–Crippen MR) is 92.8 cm³/mol. The molecule has 1 aromatic heterocycles. The fourth-order valence-corrected chi connectivity index (χ4v) is 2.14. The minimum Gasteiger partial charge on any atom is -0.456 e. The van der Waals surface area contributed by atoms with Crippen molar-refractivity contribution in [3.05, 3.63) is 53.3 Å². The summed E-state index contributed by atoms with van der Waals surface area (Å²) in [6.45, 7) is 2.59. The first-order valence-electron chi connectivity index (χ1n) is 7.56. The number of benzene rings is 1. The van der Waals surface area contributed by atoms with E-state index >= 15 is 0 Å². The van der Waals surface area contributed by atoms with Crippen molar-refractivity contribution in [3.8, 4) is 11.5 Å². The van der Waals surface area contributed by atoms with Gasteiger partial charge in [0.2, 0.25) is 0 Å². The van der Waals surface area contributed by atoms with Crippen molar-refractivity contribution in [1.82, 2.24) is 15.6 Å². The number of methoxy groups -OCH3 is 1. The Morgan fingerprint density at radius 3 is 2.67 bits per heavy atom. The summed E-state index contributed by atoms with van der Waals surface area (Å²) in [6, 6.07) is 8.40. The molecule has 0 radical (unpaired) electrons. The highest BCUT2D eigenvalue weighted by molar-refractivity contribution is 6.32. The summed E-state index contributed by atoms with van der Waals surface area (Å²) < 4.78 is 10.6. The van der Waals surface area contributed by atoms with Crippen LogP contribution in [0.25, 0.3) is 0 Å². The zero-order valence-corrected chi connectivity index (χ0v) is 14.2. The zero-order chi connectivity index (χ0) is 17.2. The van der Waals surface area contributed by atoms with Crippen LogP contribution in [-0.2, 0) is 4.74 Å². The van der Waals surface area contributed by atoms with E-state index in [9.17, 15) is 4.79 Å². The van der Waals surface area contributed by atoms with E-state index in [1.807, 2.05) is 0 Å². The summed E-state index contributed by atoms with van der Waals surface area (Å²) in [5, 5.41) is 6.35. The molecule has 0 fully saturated rings. The number of nitrogens with one attached hydrogen (secondary N) is 2. The predicted octanol–water partition coefficient (Wildman–Crippen LogP) is 2.49. The number of rotatable bonds is 9. The van der Waals surface area contributed by atoms with Crippen LogP contribution in [0.15, 0.2) is 42.7 Å². The van der Waals surface area contributed by atoms with Gasteiger partial charge in [-0.1, -0.05) is 11.6 Å². The molecule has 1 heterocycles. The normalized spacial score (nSPS) is 10.4. The van der Waals surface area contributed by atoms with Gasteiger partial charge in [-0.3, -0.25) is 9.78 Å². The average Bonchev–Trinajstić information content (AvgIpc) is 2.60. The first-order valence-corrected chi connectivity index (χ1v) is 7.94. The lowest BCUT2D eigenvalue weighted by Gasteiger charge is -2.10. The maximum absolute atomic E-state index is 12.1. The van der Waals surface area contributed by atoms with Gasteiger partial charge in [-0.15, -0.1) is 0 Å². The number of aromatic nitrogens is 1. The van der Waals surface area contributed by atoms with Crippen LogP contribution < -0.4 is 15.4 Å². The van der Waals surface area contributed by atoms with Crippen LogP contribution in [-0.4, -0.2) is 44.2 Å². The van der Waals surface area contributed by atoms with E-state index in [1.54, 1.807) is 49.8 Å². The van der Waals surface area contributed by atoms with E-state index in [0.717, 1.165) is 6.54 Å². The largest absolute Gasteiger partial charge is 0.456 e. The van der Waals surface area contributed by atoms with Gasteiger partial charge >= 0.3 is 0 Å². The molecule has 0 unspecified atom stereocenters. The van der Waals surface area contributed by atoms with Gasteiger partial charge in [-0.25, -0.2) is 0 Å². The van der Waals surface area contributed by atoms with Crippen molar-refractivity contribution in [2.75, 3.05) is 33.4 Å². The fourth-order valence-electron chi connectivity index (χ4n) is 1.92. The van der Waals surface area contributed by atoms with E-state index in [2.05, 4.69) is 15.6 Å². The van der Waals surface area contributed by atoms with Crippen LogP contribution in [0.2, 0.25) is 5.02 Å². The summed E-state index contributed by atoms with van der Waals surface area (Å²) in [4.78, 5) is 16.0. The molecule has 1 amide bonds. The molecule has 0 bridgehead atoms. The van der Waals surface area contributed by atoms with E-state index in [4.69, 9.17) is 21.1 Å². The van der Waals surface area contributed by atoms with Crippen molar-refractivity contribution in [3.63, 3.8) is 0 Å². The molecular weight excluding hydrogens is 330 g/mol. The number of ether oxygens (including phenoxy) is 2. The van der Waals surface area contributed by atoms with Gasteiger partial charge < -0.3 is 20.1 Å². The fraction of sp³-hybridized carbons (Fsp3) is 0.294. The molecule has 0 aliphatic carbocycles. The molecule has 2 aromatic rings. The molecule has 0 saturated carbocycles. The third-order valence-electron chi connectivity index (χ3n) is 3.14. The Hall–Kier alpha value is -2.15. The van der Waals surface area contributed by atoms with E-state index in [-0.39, 0.29) is 5.91 Å². The van der Waals surface area contributed by atoms with Gasteiger partial charge in [0.05, 0.1) is 11.6 Å². The molecule has 0 atom stereocenters. The number of hydrogen-bond acceptors (Lipinski definition) is 5. The highest BCUT2D eigenvalue weighted by Gasteiger charge is 2.09. The second kappa shape index (κ2) is 9.87. The first-order chi connectivity index (χ1) is 11.7. The minimum atomic E-state index is -0.180. The van der Waals surface area contributed by atoms with Gasteiger partial charge in [-0.2, -0.15) is 0 Å². The highest BCUT2D eigenvalue weighted by Crippen LogP contribution is 2.29. The topological polar surface area (TPSA) is 72.5 Å². The standard InChI is InChI=1S/C17H20ClN3O3/c1-23-11-10-20-8-9-21-17(22)13-2-3-16(15(18)12-13)24-14-4-6-19-7-5-14/h2-7,12,20H,8-11H2,1H3,(H,21,22). The molecular formula is C17H20ClN3O3. The summed E-state index contributed by atoms with van der Waals surface area (Å²) >= 11 is 6.20. The molecule has 0 aliphatic heterocycles. The summed E-state index contributed by atoms with van der Waals surface area (Å²) in [5.41, 5.74) is 0.485. The maximum Gasteiger partial charge on any atom is 0.251 e. The summed E-state index contributed by atoms with van der Waals surface area (Å²) in [6.07, 6.45) is 3.26. The van der Waals surface area contributed by atoms with Crippen LogP contribution in [0.4, 0.5) is 0 Å². The third kappa shape index (κ3) is 5.81. The maximum atomic E-state index is 12.1. The quantitative estimate of drug-likeness (QED) is 0.680. The number of amides is 1. The Morgan fingerprint density at radius 1 is 1.17 bits per heavy atom. The van der Waals surface area contributed by atoms with Crippen LogP contribution in [0.3, 0.4) is 0 Å². The highest BCUT2D eigenvalue weighted by atomic mass is 35.5. The van der Waals surface area contributed by atoms with Gasteiger partial charge in [-0.05, 0) is 30.3 Å². The number of nitrogens with zero attached hydrogens (tertiary/aromatic N) is 1. The Bertz CT molecular complexity index is 653. The van der Waals surface area contributed by atoms with Crippen molar-refractivity contribution >= 4 is 17.5 Å². The Labute approximate surface area is 146 Å². The van der Waals surface area contributed by atoms with Crippen LogP contribution in [0.1, 0.15) is 10.4 Å². The number of carbonyl (C=O) groups is 1. The molecule has 2 rings (SSSR count). The lowest BCUT2D eigenvalue weighted by Crippen LogP contribution is -2.33. The Kier molecular flexibility index (Phi) is 7.48. The molecule has 2 N–H and O–H groups in total. The number of pyridine rings is 1. The second-order valence-electron chi connectivity index (χ2n) is 4.93. The zero-order valence-electron chi connectivity index (χ0n) is 13.4. The lowest BCUT2D eigenvalue weighted by atomic mass is 10.2. The van der Waals surface area contributed by atoms with Crippen LogP contribution >= 0.6 is 11.6 Å². The molecule has 7 heteroatoms. The van der Waals surface area contributed by atoms with E-state index < -0.39 is 0 Å². The Morgan fingerprint density at radius 2 is 1.96 bits per heavy atom. The van der Waals surface area contributed by atoms with Crippen LogP contribution in [0, 0.1) is 0 Å². The van der Waals surface area contributed by atoms with Crippen molar-refractivity contribution in [2.24, 2.45) is 0 Å². The van der Waals surface area contributed by atoms with Crippen molar-refractivity contribution in [2.45, 2.75) is 0 Å². The second-order valence-corrected chi connectivity index (χ2v) is 5.34. The minimum absolute atomic E-state index is 0.180. The van der Waals surface area contributed by atoms with Crippen LogP contribution in [0.5, 0.6) is 11.5 Å². The van der Waals surface area contributed by atoms with E-state index in [0.29, 0.717) is 41.8 Å². The van der Waals surface area contributed by atoms with Gasteiger partial charge in [0.15, 0.2) is 0 Å². The van der Waals surface area contributed by atoms with Gasteiger partial charge in [0.25, 0.3) is 5.91 Å². The lowest BCUT2D eigenvalue weighted by molar-refractivity contribution is 0.0953. The Balaban J connectivity index is 1.85. The monoisotopic (exact) mass is 349 g/mol. The number of hydrogen-bond donors (Lipinski definition) is 2. The smallest absolute Gasteiger partial charge is 0.251 e. The third-order valence-corrected chi connectivity index (χ3v) is 3.44. The molecule has 0 spiro atoms. The molecule has 6 nitrogen and oxygen atoms in total. The summed E-state index contributed by atoms with van der Waals surface area (Å²) in [5.74, 6) is 0.938. The average molecular weight is 350 g/mol. The number of carbonyl (C=O) groups excluding carboxylic acids is 1. The molecule has 0 aliphatic rings. The van der Waals surface area contributed by atoms with Gasteiger partial charge in [0, 0.05) is 44.7 Å². The molecule has 0 saturated heterocycles. The number of halogens is 1. The molecule has 128 valence electrons. The van der Waals surface area contributed by atoms with Crippen molar-refractivity contribution in [1.29, 1.82) is 0 Å². The van der Waals surface area contributed by atoms with Crippen molar-refractivity contribution < 1.29 is 14.3 Å². The SMILES string of the molecule is COCCNCCNC(=O)c1ccc(Oc2ccncc2)c(Cl)c1. The van der Waals surface area contributed by atoms with E-state index in [1.165, 1.54) is 0 Å².